The van der Waals surface area contributed by atoms with Crippen LogP contribution in [0.15, 0.2) is 24.3 Å². The van der Waals surface area contributed by atoms with Gasteiger partial charge in [-0.2, -0.15) is 0 Å². The minimum absolute atomic E-state index is 0.0303. The quantitative estimate of drug-likeness (QED) is 0.831. The molecular formula is C20H31N3O2. The summed E-state index contributed by atoms with van der Waals surface area (Å²) in [6.45, 7) is 10.0. The molecular weight excluding hydrogens is 314 g/mol. The maximum absolute atomic E-state index is 12.4. The second-order valence-corrected chi connectivity index (χ2v) is 8.21. The highest BCUT2D eigenvalue weighted by Crippen LogP contribution is 2.29. The van der Waals surface area contributed by atoms with Crippen LogP contribution in [0.5, 0.6) is 0 Å². The van der Waals surface area contributed by atoms with E-state index >= 15 is 0 Å². The Morgan fingerprint density at radius 1 is 1.32 bits per heavy atom. The fourth-order valence-electron chi connectivity index (χ4n) is 3.12. The molecule has 0 spiro atoms. The van der Waals surface area contributed by atoms with E-state index < -0.39 is 0 Å². The maximum atomic E-state index is 12.4. The van der Waals surface area contributed by atoms with Gasteiger partial charge in [0.2, 0.25) is 11.8 Å². The lowest BCUT2D eigenvalue weighted by molar-refractivity contribution is -0.122. The molecule has 1 aromatic rings. The van der Waals surface area contributed by atoms with Crippen LogP contribution in [0.1, 0.15) is 52.5 Å². The number of para-hydroxylation sites is 1. The average molecular weight is 345 g/mol. The minimum Gasteiger partial charge on any atom is -0.368 e. The van der Waals surface area contributed by atoms with Crippen LogP contribution in [0.3, 0.4) is 0 Å². The molecule has 138 valence electrons. The van der Waals surface area contributed by atoms with E-state index in [0.717, 1.165) is 30.6 Å². The van der Waals surface area contributed by atoms with E-state index in [0.29, 0.717) is 13.0 Å². The topological polar surface area (TPSA) is 75.4 Å². The van der Waals surface area contributed by atoms with Crippen LogP contribution in [-0.2, 0) is 16.1 Å². The van der Waals surface area contributed by atoms with Crippen LogP contribution in [-0.4, -0.2) is 29.3 Å². The lowest BCUT2D eigenvalue weighted by Gasteiger charge is -2.27. The summed E-state index contributed by atoms with van der Waals surface area (Å²) < 4.78 is 0. The molecule has 1 heterocycles. The van der Waals surface area contributed by atoms with Gasteiger partial charge in [0, 0.05) is 18.7 Å². The summed E-state index contributed by atoms with van der Waals surface area (Å²) in [6, 6.07) is 7.59. The molecule has 1 saturated heterocycles. The molecule has 1 aliphatic rings. The molecule has 5 nitrogen and oxygen atoms in total. The van der Waals surface area contributed by atoms with Crippen molar-refractivity contribution in [2.45, 2.75) is 59.5 Å². The van der Waals surface area contributed by atoms with Crippen molar-refractivity contribution in [1.82, 2.24) is 4.90 Å². The summed E-state index contributed by atoms with van der Waals surface area (Å²) in [5, 5.41) is 3.05. The van der Waals surface area contributed by atoms with Gasteiger partial charge in [-0.15, -0.1) is 0 Å². The van der Waals surface area contributed by atoms with Gasteiger partial charge < -0.3 is 11.1 Å². The molecule has 25 heavy (non-hydrogen) atoms. The van der Waals surface area contributed by atoms with Gasteiger partial charge in [0.1, 0.15) is 0 Å². The normalized spacial score (nSPS) is 19.6. The molecule has 2 unspecified atom stereocenters. The number of hydrogen-bond acceptors (Lipinski definition) is 3. The summed E-state index contributed by atoms with van der Waals surface area (Å²) >= 11 is 0. The smallest absolute Gasteiger partial charge is 0.234 e. The fraction of sp³-hybridized carbons (Fsp3) is 0.600. The lowest BCUT2D eigenvalue weighted by Crippen LogP contribution is -2.39. The van der Waals surface area contributed by atoms with Gasteiger partial charge >= 0.3 is 0 Å². The zero-order chi connectivity index (χ0) is 18.6. The van der Waals surface area contributed by atoms with Crippen LogP contribution >= 0.6 is 0 Å². The van der Waals surface area contributed by atoms with Crippen LogP contribution in [0.4, 0.5) is 5.69 Å². The molecule has 0 aliphatic carbocycles. The zero-order valence-corrected chi connectivity index (χ0v) is 15.8. The van der Waals surface area contributed by atoms with Crippen LogP contribution in [0.2, 0.25) is 0 Å². The number of primary amides is 1. The van der Waals surface area contributed by atoms with Gasteiger partial charge in [-0.1, -0.05) is 45.9 Å². The van der Waals surface area contributed by atoms with E-state index in [1.165, 1.54) is 0 Å². The van der Waals surface area contributed by atoms with E-state index in [1.54, 1.807) is 0 Å². The molecule has 3 N–H and O–H groups in total. The highest BCUT2D eigenvalue weighted by atomic mass is 16.2. The first-order chi connectivity index (χ1) is 11.7. The van der Waals surface area contributed by atoms with Crippen molar-refractivity contribution >= 4 is 17.5 Å². The van der Waals surface area contributed by atoms with E-state index in [1.807, 2.05) is 24.3 Å². The molecule has 2 rings (SSSR count). The third-order valence-electron chi connectivity index (χ3n) is 5.33. The first-order valence-corrected chi connectivity index (χ1v) is 9.09. The lowest BCUT2D eigenvalue weighted by atomic mass is 9.80. The minimum atomic E-state index is -0.266. The predicted octanol–water partition coefficient (Wildman–Crippen LogP) is 3.15. The van der Waals surface area contributed by atoms with Gasteiger partial charge in [0.15, 0.2) is 0 Å². The number of anilines is 1. The number of amides is 2. The summed E-state index contributed by atoms with van der Waals surface area (Å²) in [4.78, 5) is 26.1. The number of likely N-dealkylation sites (tertiary alicyclic amines) is 1. The number of rotatable bonds is 6. The summed E-state index contributed by atoms with van der Waals surface area (Å²) in [5.41, 5.74) is 7.45. The fourth-order valence-corrected chi connectivity index (χ4v) is 3.12. The van der Waals surface area contributed by atoms with Crippen LogP contribution < -0.4 is 11.1 Å². The molecule has 0 bridgehead atoms. The monoisotopic (exact) mass is 345 g/mol. The Morgan fingerprint density at radius 3 is 2.64 bits per heavy atom. The van der Waals surface area contributed by atoms with E-state index in [9.17, 15) is 9.59 Å². The number of hydrogen-bond donors (Lipinski definition) is 2. The van der Waals surface area contributed by atoms with Crippen molar-refractivity contribution in [3.63, 3.8) is 0 Å². The van der Waals surface area contributed by atoms with E-state index in [4.69, 9.17) is 5.73 Å². The molecule has 1 aliphatic heterocycles. The number of carbonyl (C=O) groups is 2. The Hall–Kier alpha value is -1.88. The Kier molecular flexibility index (Phi) is 6.22. The maximum Gasteiger partial charge on any atom is 0.234 e. The summed E-state index contributed by atoms with van der Waals surface area (Å²) in [7, 11) is 0. The molecule has 0 saturated carbocycles. The third kappa shape index (κ3) is 5.30. The highest BCUT2D eigenvalue weighted by Gasteiger charge is 2.29. The molecule has 1 fully saturated rings. The molecule has 2 atom stereocenters. The van der Waals surface area contributed by atoms with Crippen molar-refractivity contribution in [2.24, 2.45) is 17.1 Å². The summed E-state index contributed by atoms with van der Waals surface area (Å²) in [5.74, 6) is 0.0539. The number of nitrogens with one attached hydrogen (secondary N) is 1. The van der Waals surface area contributed by atoms with Gasteiger partial charge in [-0.05, 0) is 42.3 Å². The first kappa shape index (κ1) is 19.4. The van der Waals surface area contributed by atoms with Crippen LogP contribution in [0, 0.1) is 11.3 Å². The SMILES string of the molecule is CC(CC(=O)Nc1ccccc1CN1CCCC1C(N)=O)C(C)(C)C. The molecule has 1 aromatic carbocycles. The van der Waals surface area contributed by atoms with E-state index in [2.05, 4.69) is 37.9 Å². The second kappa shape index (κ2) is 8.00. The van der Waals surface area contributed by atoms with Gasteiger partial charge in [0.05, 0.1) is 6.04 Å². The molecule has 0 radical (unpaired) electrons. The second-order valence-electron chi connectivity index (χ2n) is 8.21. The van der Waals surface area contributed by atoms with Crippen molar-refractivity contribution in [3.05, 3.63) is 29.8 Å². The van der Waals surface area contributed by atoms with E-state index in [-0.39, 0.29) is 29.2 Å². The average Bonchev–Trinajstić information content (AvgIpc) is 2.96. The zero-order valence-electron chi connectivity index (χ0n) is 15.8. The van der Waals surface area contributed by atoms with Gasteiger partial charge in [0.25, 0.3) is 0 Å². The van der Waals surface area contributed by atoms with Crippen LogP contribution in [0.25, 0.3) is 0 Å². The predicted molar refractivity (Wildman–Crippen MR) is 101 cm³/mol. The molecule has 2 amide bonds. The largest absolute Gasteiger partial charge is 0.368 e. The van der Waals surface area contributed by atoms with Crippen molar-refractivity contribution in [1.29, 1.82) is 0 Å². The van der Waals surface area contributed by atoms with Crippen molar-refractivity contribution in [3.8, 4) is 0 Å². The Balaban J connectivity index is 2.05. The van der Waals surface area contributed by atoms with Crippen molar-refractivity contribution in [2.75, 3.05) is 11.9 Å². The summed E-state index contributed by atoms with van der Waals surface area (Å²) in [6.07, 6.45) is 2.28. The third-order valence-corrected chi connectivity index (χ3v) is 5.33. The number of nitrogens with two attached hydrogens (primary N) is 1. The molecule has 0 aromatic heterocycles. The highest BCUT2D eigenvalue weighted by molar-refractivity contribution is 5.91. The van der Waals surface area contributed by atoms with Crippen molar-refractivity contribution < 1.29 is 9.59 Å². The Morgan fingerprint density at radius 2 is 2.00 bits per heavy atom. The number of benzene rings is 1. The van der Waals surface area contributed by atoms with Gasteiger partial charge in [-0.3, -0.25) is 14.5 Å². The molecule has 5 heteroatoms. The number of nitrogens with zero attached hydrogens (tertiary/aromatic N) is 1. The van der Waals surface area contributed by atoms with Gasteiger partial charge in [-0.25, -0.2) is 0 Å². The Bertz CT molecular complexity index is 622. The Labute approximate surface area is 151 Å². The standard InChI is InChI=1S/C20H31N3O2/c1-14(20(2,3)4)12-18(24)22-16-9-6-5-8-15(16)13-23-11-7-10-17(23)19(21)25/h5-6,8-9,14,17H,7,10-13H2,1-4H3,(H2,21,25)(H,22,24). The number of carbonyl (C=O) groups excluding carboxylic acids is 2. The first-order valence-electron chi connectivity index (χ1n) is 9.09.